The van der Waals surface area contributed by atoms with E-state index in [0.717, 1.165) is 6.20 Å². The van der Waals surface area contributed by atoms with Crippen molar-refractivity contribution in [2.75, 3.05) is 14.2 Å². The second-order valence-electron chi connectivity index (χ2n) is 3.36. The van der Waals surface area contributed by atoms with Gasteiger partial charge < -0.3 is 9.47 Å². The normalized spacial score (nSPS) is 10.2. The van der Waals surface area contributed by atoms with E-state index < -0.39 is 11.8 Å². The van der Waals surface area contributed by atoms with Crippen molar-refractivity contribution in [2.45, 2.75) is 0 Å². The number of esters is 1. The molecule has 0 saturated carbocycles. The van der Waals surface area contributed by atoms with Crippen molar-refractivity contribution in [1.82, 2.24) is 15.2 Å². The third-order valence-corrected chi connectivity index (χ3v) is 2.30. The summed E-state index contributed by atoms with van der Waals surface area (Å²) in [5.74, 6) is -0.879. The van der Waals surface area contributed by atoms with Crippen LogP contribution in [0.2, 0.25) is 0 Å². The van der Waals surface area contributed by atoms with E-state index in [-0.39, 0.29) is 17.1 Å². The van der Waals surface area contributed by atoms with Gasteiger partial charge in [-0.15, -0.1) is 0 Å². The second kappa shape index (κ2) is 4.82. The van der Waals surface area contributed by atoms with Crippen LogP contribution in [0.1, 0.15) is 10.5 Å². The van der Waals surface area contributed by atoms with E-state index in [4.69, 9.17) is 4.74 Å². The average molecular weight is 251 g/mol. The van der Waals surface area contributed by atoms with Crippen LogP contribution < -0.4 is 4.74 Å². The highest BCUT2D eigenvalue weighted by Crippen LogP contribution is 2.24. The second-order valence-corrected chi connectivity index (χ2v) is 3.36. The van der Waals surface area contributed by atoms with Gasteiger partial charge in [-0.05, 0) is 6.07 Å². The zero-order valence-electron chi connectivity index (χ0n) is 9.73. The van der Waals surface area contributed by atoms with Gasteiger partial charge in [0.2, 0.25) is 5.88 Å². The first kappa shape index (κ1) is 12.0. The Balaban J connectivity index is 2.42. The largest absolute Gasteiger partial charge is 0.481 e. The van der Waals surface area contributed by atoms with Gasteiger partial charge in [-0.1, -0.05) is 0 Å². The predicted octanol–water partition coefficient (Wildman–Crippen LogP) is 1.41. The topological polar surface area (TPSA) is 77.1 Å². The fourth-order valence-corrected chi connectivity index (χ4v) is 1.41. The fraction of sp³-hybridized carbons (Fsp3) is 0.182. The number of methoxy groups -OCH3 is 2. The zero-order chi connectivity index (χ0) is 13.1. The monoisotopic (exact) mass is 251 g/mol. The van der Waals surface area contributed by atoms with E-state index in [0.29, 0.717) is 5.69 Å². The molecule has 7 heteroatoms. The molecule has 0 unspecified atom stereocenters. The van der Waals surface area contributed by atoms with Gasteiger partial charge in [-0.25, -0.2) is 14.2 Å². The zero-order valence-corrected chi connectivity index (χ0v) is 9.73. The third-order valence-electron chi connectivity index (χ3n) is 2.30. The summed E-state index contributed by atoms with van der Waals surface area (Å²) in [5, 5.41) is 6.29. The van der Waals surface area contributed by atoms with Crippen molar-refractivity contribution < 1.29 is 18.7 Å². The van der Waals surface area contributed by atoms with Crippen LogP contribution in [0.15, 0.2) is 18.3 Å². The smallest absolute Gasteiger partial charge is 0.358 e. The summed E-state index contributed by atoms with van der Waals surface area (Å²) >= 11 is 0. The summed E-state index contributed by atoms with van der Waals surface area (Å²) < 4.78 is 23.0. The molecule has 6 nitrogen and oxygen atoms in total. The number of halogens is 1. The van der Waals surface area contributed by atoms with Crippen LogP contribution in [0.25, 0.3) is 11.3 Å². The van der Waals surface area contributed by atoms with Crippen LogP contribution in [0.5, 0.6) is 5.88 Å². The molecule has 2 aromatic rings. The van der Waals surface area contributed by atoms with Gasteiger partial charge in [0.25, 0.3) is 0 Å². The maximum absolute atomic E-state index is 13.6. The first-order chi connectivity index (χ1) is 8.65. The van der Waals surface area contributed by atoms with E-state index in [1.54, 1.807) is 0 Å². The minimum absolute atomic E-state index is 0.0719. The number of carbonyl (C=O) groups is 1. The molecule has 0 aliphatic carbocycles. The summed E-state index contributed by atoms with van der Waals surface area (Å²) in [6.07, 6.45) is 1.03. The molecule has 0 aliphatic heterocycles. The Kier molecular flexibility index (Phi) is 3.22. The number of ether oxygens (including phenoxy) is 2. The van der Waals surface area contributed by atoms with Crippen molar-refractivity contribution in [3.8, 4) is 17.1 Å². The van der Waals surface area contributed by atoms with E-state index in [1.165, 1.54) is 26.4 Å². The summed E-state index contributed by atoms with van der Waals surface area (Å²) in [4.78, 5) is 14.9. The first-order valence-corrected chi connectivity index (χ1v) is 4.99. The van der Waals surface area contributed by atoms with Crippen LogP contribution in [0, 0.1) is 5.82 Å². The Morgan fingerprint density at radius 1 is 1.39 bits per heavy atom. The first-order valence-electron chi connectivity index (χ1n) is 4.99. The molecule has 1 N–H and O–H groups in total. The predicted molar refractivity (Wildman–Crippen MR) is 59.7 cm³/mol. The SMILES string of the molecule is COC(=O)c1cc(-c2cc(OC)ncc2F)[nH]n1. The number of aromatic nitrogens is 3. The highest BCUT2D eigenvalue weighted by atomic mass is 19.1. The number of aromatic amines is 1. The van der Waals surface area contributed by atoms with Gasteiger partial charge in [0.1, 0.15) is 0 Å². The van der Waals surface area contributed by atoms with E-state index in [9.17, 15) is 9.18 Å². The molecule has 0 aromatic carbocycles. The van der Waals surface area contributed by atoms with Crippen molar-refractivity contribution >= 4 is 5.97 Å². The summed E-state index contributed by atoms with van der Waals surface area (Å²) in [6.45, 7) is 0. The summed E-state index contributed by atoms with van der Waals surface area (Å²) in [6, 6.07) is 2.80. The number of rotatable bonds is 3. The molecule has 0 saturated heterocycles. The maximum Gasteiger partial charge on any atom is 0.358 e. The van der Waals surface area contributed by atoms with E-state index in [2.05, 4.69) is 19.9 Å². The van der Waals surface area contributed by atoms with Crippen molar-refractivity contribution in [3.63, 3.8) is 0 Å². The Bertz CT molecular complexity index is 583. The van der Waals surface area contributed by atoms with Gasteiger partial charge in [-0.2, -0.15) is 5.10 Å². The van der Waals surface area contributed by atoms with Crippen LogP contribution in [-0.2, 0) is 4.74 Å². The minimum Gasteiger partial charge on any atom is -0.481 e. The van der Waals surface area contributed by atoms with Crippen molar-refractivity contribution in [3.05, 3.63) is 29.8 Å². The van der Waals surface area contributed by atoms with Crippen LogP contribution in [0.3, 0.4) is 0 Å². The van der Waals surface area contributed by atoms with Gasteiger partial charge in [-0.3, -0.25) is 5.10 Å². The molecule has 18 heavy (non-hydrogen) atoms. The minimum atomic E-state index is -0.598. The fourth-order valence-electron chi connectivity index (χ4n) is 1.41. The highest BCUT2D eigenvalue weighted by Gasteiger charge is 2.14. The summed E-state index contributed by atoms with van der Waals surface area (Å²) in [7, 11) is 2.67. The standard InChI is InChI=1S/C11H10FN3O3/c1-17-10-3-6(7(12)5-13-10)8-4-9(15-14-8)11(16)18-2/h3-5H,1-2H3,(H,14,15). The number of hydrogen-bond donors (Lipinski definition) is 1. The summed E-state index contributed by atoms with van der Waals surface area (Å²) in [5.41, 5.74) is 0.626. The van der Waals surface area contributed by atoms with Gasteiger partial charge in [0.05, 0.1) is 26.1 Å². The Morgan fingerprint density at radius 3 is 2.83 bits per heavy atom. The number of nitrogens with zero attached hydrogens (tertiary/aromatic N) is 2. The Morgan fingerprint density at radius 2 is 2.17 bits per heavy atom. The van der Waals surface area contributed by atoms with Gasteiger partial charge in [0, 0.05) is 11.6 Å². The lowest BCUT2D eigenvalue weighted by atomic mass is 10.2. The number of carbonyl (C=O) groups excluding carboxylic acids is 1. The average Bonchev–Trinajstić information content (AvgIpc) is 2.88. The van der Waals surface area contributed by atoms with E-state index in [1.807, 2.05) is 0 Å². The lowest BCUT2D eigenvalue weighted by Crippen LogP contribution is -2.00. The molecule has 0 atom stereocenters. The highest BCUT2D eigenvalue weighted by molar-refractivity contribution is 5.88. The quantitative estimate of drug-likeness (QED) is 0.834. The molecule has 0 aliphatic rings. The molecule has 0 bridgehead atoms. The molecule has 0 spiro atoms. The molecule has 0 amide bonds. The van der Waals surface area contributed by atoms with Gasteiger partial charge >= 0.3 is 5.97 Å². The number of nitrogens with one attached hydrogen (secondary N) is 1. The Hall–Kier alpha value is -2.44. The molecule has 0 radical (unpaired) electrons. The Labute approximate surface area is 102 Å². The molecule has 2 heterocycles. The van der Waals surface area contributed by atoms with Crippen molar-refractivity contribution in [2.24, 2.45) is 0 Å². The number of pyridine rings is 1. The molecule has 2 rings (SSSR count). The molecular weight excluding hydrogens is 241 g/mol. The lowest BCUT2D eigenvalue weighted by molar-refractivity contribution is 0.0594. The molecule has 94 valence electrons. The van der Waals surface area contributed by atoms with Crippen LogP contribution in [0.4, 0.5) is 4.39 Å². The van der Waals surface area contributed by atoms with Crippen LogP contribution >= 0.6 is 0 Å². The van der Waals surface area contributed by atoms with Crippen molar-refractivity contribution in [1.29, 1.82) is 0 Å². The van der Waals surface area contributed by atoms with Crippen LogP contribution in [-0.4, -0.2) is 35.4 Å². The lowest BCUT2D eigenvalue weighted by Gasteiger charge is -2.02. The number of hydrogen-bond acceptors (Lipinski definition) is 5. The molecule has 2 aromatic heterocycles. The van der Waals surface area contributed by atoms with Gasteiger partial charge in [0.15, 0.2) is 11.5 Å². The molecular formula is C11H10FN3O3. The number of H-pyrrole nitrogens is 1. The van der Waals surface area contributed by atoms with E-state index >= 15 is 0 Å². The molecule has 0 fully saturated rings. The maximum atomic E-state index is 13.6. The third kappa shape index (κ3) is 2.15.